The van der Waals surface area contributed by atoms with Crippen LogP contribution in [0.5, 0.6) is 5.75 Å². The third-order valence-corrected chi connectivity index (χ3v) is 5.76. The van der Waals surface area contributed by atoms with E-state index < -0.39 is 0 Å². The van der Waals surface area contributed by atoms with Crippen molar-refractivity contribution in [2.75, 3.05) is 11.9 Å². The quantitative estimate of drug-likeness (QED) is 0.387. The smallest absolute Gasteiger partial charge is 0.209 e. The number of carbonyl (C=O) groups is 1. The van der Waals surface area contributed by atoms with Gasteiger partial charge in [0.2, 0.25) is 5.95 Å². The molecule has 0 spiro atoms. The monoisotopic (exact) mass is 423 g/mol. The maximum Gasteiger partial charge on any atom is 0.209 e. The van der Waals surface area contributed by atoms with Crippen LogP contribution >= 0.6 is 0 Å². The van der Waals surface area contributed by atoms with Crippen LogP contribution in [0.4, 0.5) is 5.95 Å². The summed E-state index contributed by atoms with van der Waals surface area (Å²) >= 11 is 0. The number of aromatic nitrogens is 2. The molecule has 0 radical (unpaired) electrons. The van der Waals surface area contributed by atoms with E-state index >= 15 is 0 Å². The zero-order valence-corrected chi connectivity index (χ0v) is 18.2. The first kappa shape index (κ1) is 20.1. The highest BCUT2D eigenvalue weighted by Crippen LogP contribution is 2.41. The van der Waals surface area contributed by atoms with Crippen LogP contribution in [0, 0.1) is 0 Å². The first-order valence-electron chi connectivity index (χ1n) is 10.9. The number of ketones is 1. The van der Waals surface area contributed by atoms with E-state index in [0.29, 0.717) is 17.7 Å². The Balaban J connectivity index is 1.71. The second kappa shape index (κ2) is 8.35. The molecule has 5 nitrogen and oxygen atoms in total. The number of benzene rings is 3. The first-order valence-corrected chi connectivity index (χ1v) is 10.9. The summed E-state index contributed by atoms with van der Waals surface area (Å²) in [5.41, 5.74) is 5.04. The third-order valence-electron chi connectivity index (χ3n) is 5.76. The third kappa shape index (κ3) is 3.46. The molecule has 0 saturated carbocycles. The van der Waals surface area contributed by atoms with Gasteiger partial charge < -0.3 is 10.1 Å². The molecular weight excluding hydrogens is 398 g/mol. The lowest BCUT2D eigenvalue weighted by Gasteiger charge is -2.31. The van der Waals surface area contributed by atoms with E-state index in [1.54, 1.807) is 0 Å². The maximum absolute atomic E-state index is 13.8. The number of imidazole rings is 1. The van der Waals surface area contributed by atoms with Gasteiger partial charge >= 0.3 is 0 Å². The molecule has 1 aliphatic rings. The fourth-order valence-electron chi connectivity index (χ4n) is 4.31. The van der Waals surface area contributed by atoms with Crippen LogP contribution in [-0.4, -0.2) is 21.9 Å². The number of fused-ring (bicyclic) bond motifs is 3. The average molecular weight is 424 g/mol. The highest BCUT2D eigenvalue weighted by molar-refractivity contribution is 6.11. The van der Waals surface area contributed by atoms with Gasteiger partial charge in [-0.1, -0.05) is 61.5 Å². The van der Waals surface area contributed by atoms with Gasteiger partial charge in [0, 0.05) is 16.8 Å². The highest BCUT2D eigenvalue weighted by Gasteiger charge is 2.34. The van der Waals surface area contributed by atoms with Gasteiger partial charge in [-0.2, -0.15) is 0 Å². The molecule has 1 aliphatic heterocycles. The van der Waals surface area contributed by atoms with E-state index in [9.17, 15) is 4.79 Å². The SMILES string of the molecule is CCCOc1cccc([C@H]2C(C(=O)c3ccccc3)=C(C)Nc3nc4ccccc4n32)c1. The maximum atomic E-state index is 13.8. The molecule has 32 heavy (non-hydrogen) atoms. The fraction of sp³-hybridized carbons (Fsp3) is 0.185. The second-order valence-electron chi connectivity index (χ2n) is 7.98. The largest absolute Gasteiger partial charge is 0.494 e. The van der Waals surface area contributed by atoms with E-state index in [1.165, 1.54) is 0 Å². The van der Waals surface area contributed by atoms with Crippen molar-refractivity contribution in [1.29, 1.82) is 0 Å². The van der Waals surface area contributed by atoms with Gasteiger partial charge in [-0.25, -0.2) is 4.98 Å². The van der Waals surface area contributed by atoms with Crippen molar-refractivity contribution >= 4 is 22.8 Å². The summed E-state index contributed by atoms with van der Waals surface area (Å²) in [6, 6.07) is 25.2. The standard InChI is InChI=1S/C27H25N3O2/c1-3-16-32-21-13-9-12-20(17-21)25-24(26(31)19-10-5-4-6-11-19)18(2)28-27-29-22-14-7-8-15-23(22)30(25)27/h4-15,17,25H,3,16H2,1-2H3,(H,28,29)/t25-/m0/s1. The molecule has 3 aromatic carbocycles. The lowest BCUT2D eigenvalue weighted by atomic mass is 9.89. The summed E-state index contributed by atoms with van der Waals surface area (Å²) in [6.45, 7) is 4.69. The van der Waals surface area contributed by atoms with Gasteiger partial charge in [-0.3, -0.25) is 9.36 Å². The Labute approximate surface area is 187 Å². The normalized spacial score (nSPS) is 15.4. The van der Waals surface area contributed by atoms with Crippen molar-refractivity contribution in [3.05, 3.63) is 101 Å². The van der Waals surface area contributed by atoms with Crippen LogP contribution in [-0.2, 0) is 0 Å². The van der Waals surface area contributed by atoms with E-state index in [0.717, 1.165) is 40.4 Å². The van der Waals surface area contributed by atoms with Crippen molar-refractivity contribution in [3.63, 3.8) is 0 Å². The summed E-state index contributed by atoms with van der Waals surface area (Å²) in [6.07, 6.45) is 0.935. The molecule has 1 atom stereocenters. The van der Waals surface area contributed by atoms with Gasteiger partial charge in [0.1, 0.15) is 5.75 Å². The first-order chi connectivity index (χ1) is 15.7. The Morgan fingerprint density at radius 1 is 1.03 bits per heavy atom. The summed E-state index contributed by atoms with van der Waals surface area (Å²) in [4.78, 5) is 18.5. The number of anilines is 1. The van der Waals surface area contributed by atoms with E-state index in [4.69, 9.17) is 9.72 Å². The molecule has 0 bridgehead atoms. The molecule has 2 heterocycles. The number of nitrogens with zero attached hydrogens (tertiary/aromatic N) is 2. The van der Waals surface area contributed by atoms with Crippen LogP contribution in [0.25, 0.3) is 11.0 Å². The van der Waals surface area contributed by atoms with Crippen LogP contribution in [0.15, 0.2) is 90.1 Å². The van der Waals surface area contributed by atoms with Crippen molar-refractivity contribution in [1.82, 2.24) is 9.55 Å². The van der Waals surface area contributed by atoms with Crippen LogP contribution in [0.3, 0.4) is 0 Å². The number of hydrogen-bond donors (Lipinski definition) is 1. The Morgan fingerprint density at radius 2 is 1.81 bits per heavy atom. The van der Waals surface area contributed by atoms with Crippen molar-refractivity contribution < 1.29 is 9.53 Å². The van der Waals surface area contributed by atoms with Gasteiger partial charge in [0.05, 0.1) is 23.7 Å². The number of allylic oxidation sites excluding steroid dienone is 2. The van der Waals surface area contributed by atoms with Gasteiger partial charge in [-0.15, -0.1) is 0 Å². The molecule has 0 saturated heterocycles. The molecule has 0 fully saturated rings. The average Bonchev–Trinajstić information content (AvgIpc) is 3.20. The lowest BCUT2D eigenvalue weighted by Crippen LogP contribution is -2.28. The number of carbonyl (C=O) groups excluding carboxylic acids is 1. The van der Waals surface area contributed by atoms with Crippen molar-refractivity contribution in [2.24, 2.45) is 0 Å². The van der Waals surface area contributed by atoms with Crippen LogP contribution in [0.2, 0.25) is 0 Å². The van der Waals surface area contributed by atoms with Crippen LogP contribution < -0.4 is 10.1 Å². The molecule has 160 valence electrons. The molecular formula is C27H25N3O2. The molecule has 0 amide bonds. The Bertz CT molecular complexity index is 1320. The highest BCUT2D eigenvalue weighted by atomic mass is 16.5. The van der Waals surface area contributed by atoms with E-state index in [-0.39, 0.29) is 11.8 Å². The molecule has 1 N–H and O–H groups in total. The summed E-state index contributed by atoms with van der Waals surface area (Å²) in [5.74, 6) is 1.54. The van der Waals surface area contributed by atoms with E-state index in [2.05, 4.69) is 22.9 Å². The molecule has 4 aromatic rings. The topological polar surface area (TPSA) is 56.1 Å². The Kier molecular flexibility index (Phi) is 5.23. The fourth-order valence-corrected chi connectivity index (χ4v) is 4.31. The minimum Gasteiger partial charge on any atom is -0.494 e. The molecule has 0 unspecified atom stereocenters. The Morgan fingerprint density at radius 3 is 2.62 bits per heavy atom. The zero-order valence-electron chi connectivity index (χ0n) is 18.2. The minimum absolute atomic E-state index is 0.00362. The summed E-state index contributed by atoms with van der Waals surface area (Å²) < 4.78 is 8.03. The predicted octanol–water partition coefficient (Wildman–Crippen LogP) is 6.00. The number of nitrogens with one attached hydrogen (secondary N) is 1. The van der Waals surface area contributed by atoms with Crippen LogP contribution in [0.1, 0.15) is 42.2 Å². The lowest BCUT2D eigenvalue weighted by molar-refractivity contribution is 0.102. The molecule has 5 rings (SSSR count). The number of Topliss-reactive ketones (excluding diaryl/α,β-unsaturated/α-hetero) is 1. The van der Waals surface area contributed by atoms with Gasteiger partial charge in [0.25, 0.3) is 0 Å². The molecule has 1 aromatic heterocycles. The number of para-hydroxylation sites is 2. The number of hydrogen-bond acceptors (Lipinski definition) is 4. The Hall–Kier alpha value is -3.86. The second-order valence-corrected chi connectivity index (χ2v) is 7.98. The number of ether oxygens (including phenoxy) is 1. The van der Waals surface area contributed by atoms with Gasteiger partial charge in [-0.05, 0) is 43.2 Å². The number of rotatable bonds is 6. The molecule has 0 aliphatic carbocycles. The predicted molar refractivity (Wildman–Crippen MR) is 127 cm³/mol. The van der Waals surface area contributed by atoms with Crippen molar-refractivity contribution in [2.45, 2.75) is 26.3 Å². The minimum atomic E-state index is -0.323. The zero-order chi connectivity index (χ0) is 22.1. The summed E-state index contributed by atoms with van der Waals surface area (Å²) in [5, 5.41) is 3.38. The van der Waals surface area contributed by atoms with Gasteiger partial charge in [0.15, 0.2) is 5.78 Å². The summed E-state index contributed by atoms with van der Waals surface area (Å²) in [7, 11) is 0. The molecule has 5 heteroatoms. The van der Waals surface area contributed by atoms with Crippen molar-refractivity contribution in [3.8, 4) is 5.75 Å². The van der Waals surface area contributed by atoms with E-state index in [1.807, 2.05) is 79.7 Å².